The molecular formula is C24H30N4O2. The van der Waals surface area contributed by atoms with Gasteiger partial charge in [-0.2, -0.15) is 5.10 Å². The van der Waals surface area contributed by atoms with Crippen molar-refractivity contribution < 1.29 is 9.53 Å². The minimum absolute atomic E-state index is 0.0000473. The minimum Gasteiger partial charge on any atom is -0.493 e. The van der Waals surface area contributed by atoms with E-state index in [0.717, 1.165) is 57.3 Å². The van der Waals surface area contributed by atoms with Crippen LogP contribution in [-0.2, 0) is 16.8 Å². The fraction of sp³-hybridized carbons (Fsp3) is 0.625. The first-order chi connectivity index (χ1) is 14.6. The lowest BCUT2D eigenvalue weighted by atomic mass is 9.46. The summed E-state index contributed by atoms with van der Waals surface area (Å²) in [5, 5.41) is 7.91. The molecule has 4 aliphatic carbocycles. The molecule has 4 bridgehead atoms. The maximum absolute atomic E-state index is 13.7. The molecule has 1 aromatic heterocycles. The van der Waals surface area contributed by atoms with E-state index in [1.807, 2.05) is 6.33 Å². The van der Waals surface area contributed by atoms with E-state index in [1.165, 1.54) is 17.5 Å². The Kier molecular flexibility index (Phi) is 4.03. The molecule has 0 radical (unpaired) electrons. The Balaban J connectivity index is 1.25. The van der Waals surface area contributed by atoms with Gasteiger partial charge in [0, 0.05) is 0 Å². The van der Waals surface area contributed by atoms with E-state index in [4.69, 9.17) is 4.74 Å². The number of carbonyl (C=O) groups excluding carboxylic acids is 1. The Morgan fingerprint density at radius 1 is 1.27 bits per heavy atom. The van der Waals surface area contributed by atoms with Crippen LogP contribution in [0.5, 0.6) is 5.75 Å². The molecule has 0 saturated heterocycles. The van der Waals surface area contributed by atoms with Gasteiger partial charge in [0.2, 0.25) is 5.91 Å². The van der Waals surface area contributed by atoms with Gasteiger partial charge in [0.1, 0.15) is 18.4 Å². The predicted octanol–water partition coefficient (Wildman–Crippen LogP) is 3.78. The standard InChI is InChI=1S/C24H30N4O2/c1-16(19-4-5-21-20(8-19)3-2-6-30-21)27-22(29)23-9-17-7-18(10-23)12-24(11-17,13-23)28-15-25-14-26-28/h4-5,8,14-18H,2-3,6-7,9-13H2,1H3,(H,27,29)/t16-,17-,18+,23?,24?/m1/s1. The Labute approximate surface area is 177 Å². The molecule has 6 nitrogen and oxygen atoms in total. The second-order valence-electron chi connectivity index (χ2n) is 10.3. The predicted molar refractivity (Wildman–Crippen MR) is 112 cm³/mol. The van der Waals surface area contributed by atoms with Gasteiger partial charge in [-0.25, -0.2) is 9.67 Å². The van der Waals surface area contributed by atoms with Crippen LogP contribution in [0.1, 0.15) is 69.0 Å². The summed E-state index contributed by atoms with van der Waals surface area (Å²) < 4.78 is 7.82. The van der Waals surface area contributed by atoms with Crippen molar-refractivity contribution in [1.82, 2.24) is 20.1 Å². The number of nitrogens with zero attached hydrogens (tertiary/aromatic N) is 3. The molecule has 5 atom stereocenters. The number of ether oxygens (including phenoxy) is 1. The van der Waals surface area contributed by atoms with E-state index in [0.29, 0.717) is 11.8 Å². The van der Waals surface area contributed by atoms with Crippen LogP contribution in [0.15, 0.2) is 30.9 Å². The van der Waals surface area contributed by atoms with Gasteiger partial charge in [-0.3, -0.25) is 4.79 Å². The molecule has 0 spiro atoms. The highest BCUT2D eigenvalue weighted by atomic mass is 16.5. The second kappa shape index (κ2) is 6.56. The van der Waals surface area contributed by atoms with Gasteiger partial charge < -0.3 is 10.1 Å². The summed E-state index contributed by atoms with van der Waals surface area (Å²) >= 11 is 0. The molecule has 4 saturated carbocycles. The molecule has 1 aromatic carbocycles. The van der Waals surface area contributed by atoms with Crippen LogP contribution in [0.4, 0.5) is 0 Å². The van der Waals surface area contributed by atoms with Crippen LogP contribution in [0.3, 0.4) is 0 Å². The summed E-state index contributed by atoms with van der Waals surface area (Å²) in [7, 11) is 0. The summed E-state index contributed by atoms with van der Waals surface area (Å²) in [5.74, 6) is 2.48. The lowest BCUT2D eigenvalue weighted by molar-refractivity contribution is -0.156. The SMILES string of the molecule is C[C@@H](NC(=O)C12C[C@H]3C[C@@H](C1)CC(n1cncn1)(C3)C2)c1ccc2c(c1)CCCO2. The summed E-state index contributed by atoms with van der Waals surface area (Å²) in [5.41, 5.74) is 2.15. The van der Waals surface area contributed by atoms with Gasteiger partial charge in [0.25, 0.3) is 0 Å². The topological polar surface area (TPSA) is 69.0 Å². The Bertz CT molecular complexity index is 956. The molecule has 1 aliphatic heterocycles. The van der Waals surface area contributed by atoms with Crippen LogP contribution in [0.25, 0.3) is 0 Å². The highest BCUT2D eigenvalue weighted by Crippen LogP contribution is 2.64. The quantitative estimate of drug-likeness (QED) is 0.839. The van der Waals surface area contributed by atoms with E-state index < -0.39 is 0 Å². The number of amides is 1. The zero-order valence-corrected chi connectivity index (χ0v) is 17.6. The van der Waals surface area contributed by atoms with Crippen LogP contribution in [0.2, 0.25) is 0 Å². The maximum Gasteiger partial charge on any atom is 0.226 e. The molecule has 158 valence electrons. The molecule has 4 fully saturated rings. The van der Waals surface area contributed by atoms with E-state index in [-0.39, 0.29) is 22.9 Å². The zero-order valence-electron chi connectivity index (χ0n) is 17.6. The van der Waals surface area contributed by atoms with Crippen molar-refractivity contribution in [3.63, 3.8) is 0 Å². The zero-order chi connectivity index (χ0) is 20.3. The third-order valence-corrected chi connectivity index (χ3v) is 8.20. The van der Waals surface area contributed by atoms with Gasteiger partial charge >= 0.3 is 0 Å². The van der Waals surface area contributed by atoms with Crippen molar-refractivity contribution in [1.29, 1.82) is 0 Å². The van der Waals surface area contributed by atoms with Crippen LogP contribution >= 0.6 is 0 Å². The molecule has 1 N–H and O–H groups in total. The molecule has 2 unspecified atom stereocenters. The van der Waals surface area contributed by atoms with E-state index in [1.54, 1.807) is 6.33 Å². The molecule has 2 heterocycles. The lowest BCUT2D eigenvalue weighted by Crippen LogP contribution is -2.61. The number of carbonyl (C=O) groups is 1. The molecule has 7 rings (SSSR count). The van der Waals surface area contributed by atoms with Gasteiger partial charge in [-0.15, -0.1) is 0 Å². The Hall–Kier alpha value is -2.37. The molecular weight excluding hydrogens is 376 g/mol. The number of aryl methyl sites for hydroxylation is 1. The number of hydrogen-bond acceptors (Lipinski definition) is 4. The number of nitrogens with one attached hydrogen (secondary N) is 1. The van der Waals surface area contributed by atoms with Crippen molar-refractivity contribution in [2.75, 3.05) is 6.61 Å². The van der Waals surface area contributed by atoms with Gasteiger partial charge in [-0.05, 0) is 87.3 Å². The largest absolute Gasteiger partial charge is 0.493 e. The summed E-state index contributed by atoms with van der Waals surface area (Å²) in [6.45, 7) is 2.91. The average Bonchev–Trinajstić information content (AvgIpc) is 3.28. The van der Waals surface area contributed by atoms with Crippen molar-refractivity contribution in [2.45, 2.75) is 69.9 Å². The molecule has 30 heavy (non-hydrogen) atoms. The monoisotopic (exact) mass is 406 g/mol. The number of hydrogen-bond donors (Lipinski definition) is 1. The van der Waals surface area contributed by atoms with E-state index in [2.05, 4.69) is 45.2 Å². The third kappa shape index (κ3) is 2.79. The fourth-order valence-electron chi connectivity index (χ4n) is 7.28. The van der Waals surface area contributed by atoms with Crippen molar-refractivity contribution in [3.05, 3.63) is 42.0 Å². The number of aromatic nitrogens is 3. The van der Waals surface area contributed by atoms with E-state index >= 15 is 0 Å². The highest BCUT2D eigenvalue weighted by Gasteiger charge is 2.61. The first-order valence-electron chi connectivity index (χ1n) is 11.5. The van der Waals surface area contributed by atoms with Crippen molar-refractivity contribution >= 4 is 5.91 Å². The molecule has 2 aromatic rings. The van der Waals surface area contributed by atoms with Gasteiger partial charge in [-0.1, -0.05) is 12.1 Å². The van der Waals surface area contributed by atoms with Crippen molar-refractivity contribution in [3.8, 4) is 5.75 Å². The summed E-state index contributed by atoms with van der Waals surface area (Å²) in [6, 6.07) is 6.39. The maximum atomic E-state index is 13.7. The first kappa shape index (κ1) is 18.4. The third-order valence-electron chi connectivity index (χ3n) is 8.20. The highest BCUT2D eigenvalue weighted by molar-refractivity contribution is 5.83. The second-order valence-corrected chi connectivity index (χ2v) is 10.3. The summed E-state index contributed by atoms with van der Waals surface area (Å²) in [6.07, 6.45) is 12.1. The molecule has 6 heteroatoms. The van der Waals surface area contributed by atoms with Crippen molar-refractivity contribution in [2.24, 2.45) is 17.3 Å². The average molecular weight is 407 g/mol. The van der Waals surface area contributed by atoms with Crippen LogP contribution in [-0.4, -0.2) is 27.3 Å². The summed E-state index contributed by atoms with van der Waals surface area (Å²) in [4.78, 5) is 17.9. The number of benzene rings is 1. The molecule has 1 amide bonds. The minimum atomic E-state index is -0.262. The first-order valence-corrected chi connectivity index (χ1v) is 11.5. The number of fused-ring (bicyclic) bond motifs is 1. The lowest BCUT2D eigenvalue weighted by Gasteiger charge is -2.61. The van der Waals surface area contributed by atoms with Gasteiger partial charge in [0.05, 0.1) is 23.6 Å². The Morgan fingerprint density at radius 3 is 2.87 bits per heavy atom. The normalized spacial score (nSPS) is 34.8. The van der Waals surface area contributed by atoms with Gasteiger partial charge in [0.15, 0.2) is 0 Å². The fourth-order valence-corrected chi connectivity index (χ4v) is 7.28. The number of rotatable bonds is 4. The van der Waals surface area contributed by atoms with E-state index in [9.17, 15) is 4.79 Å². The van der Waals surface area contributed by atoms with Crippen LogP contribution < -0.4 is 10.1 Å². The Morgan fingerprint density at radius 2 is 2.10 bits per heavy atom. The molecule has 5 aliphatic rings. The smallest absolute Gasteiger partial charge is 0.226 e. The van der Waals surface area contributed by atoms with Crippen LogP contribution in [0, 0.1) is 17.3 Å².